The van der Waals surface area contributed by atoms with Crippen molar-refractivity contribution >= 4 is 28.9 Å². The number of aliphatic imine (C=N–C) groups is 1. The summed E-state index contributed by atoms with van der Waals surface area (Å²) in [4.78, 5) is 19.0. The molecule has 1 aromatic heterocycles. The molecule has 1 aromatic carbocycles. The number of hydrogen-bond acceptors (Lipinski definition) is 4. The molecule has 0 fully saturated rings. The fourth-order valence-electron chi connectivity index (χ4n) is 2.40. The van der Waals surface area contributed by atoms with E-state index in [0.29, 0.717) is 11.6 Å². The van der Waals surface area contributed by atoms with Gasteiger partial charge in [0.2, 0.25) is 5.91 Å². The number of nitrogens with zero attached hydrogens (tertiary/aromatic N) is 1. The quantitative estimate of drug-likeness (QED) is 0.341. The van der Waals surface area contributed by atoms with Crippen LogP contribution < -0.4 is 16.0 Å². The summed E-state index contributed by atoms with van der Waals surface area (Å²) < 4.78 is 0. The number of guanidine groups is 1. The molecule has 0 aliphatic carbocycles. The van der Waals surface area contributed by atoms with Gasteiger partial charge in [0.25, 0.3) is 0 Å². The number of aryl methyl sites for hydroxylation is 1. The Morgan fingerprint density at radius 3 is 2.58 bits per heavy atom. The minimum absolute atomic E-state index is 0.0149. The molecule has 0 bridgehead atoms. The van der Waals surface area contributed by atoms with E-state index in [2.05, 4.69) is 46.9 Å². The lowest BCUT2D eigenvalue weighted by Crippen LogP contribution is -2.43. The molecule has 2 aromatic rings. The van der Waals surface area contributed by atoms with Gasteiger partial charge < -0.3 is 21.1 Å². The molecule has 0 aliphatic rings. The molecule has 1 atom stereocenters. The normalized spacial score (nSPS) is 12.5. The number of rotatable bonds is 7. The number of carbonyl (C=O) groups excluding carboxylic acids is 1. The maximum atomic E-state index is 12.1. The lowest BCUT2D eigenvalue weighted by atomic mass is 10.2. The van der Waals surface area contributed by atoms with E-state index in [1.807, 2.05) is 6.92 Å². The predicted molar refractivity (Wildman–Crippen MR) is 108 cm³/mol. The highest BCUT2D eigenvalue weighted by molar-refractivity contribution is 7.11. The van der Waals surface area contributed by atoms with Crippen LogP contribution in [0.1, 0.15) is 23.6 Å². The molecule has 0 saturated heterocycles. The number of hydrogen-bond donors (Lipinski definition) is 4. The van der Waals surface area contributed by atoms with Crippen molar-refractivity contribution in [3.8, 4) is 5.75 Å². The van der Waals surface area contributed by atoms with Gasteiger partial charge >= 0.3 is 0 Å². The van der Waals surface area contributed by atoms with Crippen molar-refractivity contribution in [2.24, 2.45) is 4.99 Å². The monoisotopic (exact) mass is 374 g/mol. The maximum Gasteiger partial charge on any atom is 0.246 e. The third-order valence-corrected chi connectivity index (χ3v) is 4.59. The van der Waals surface area contributed by atoms with Gasteiger partial charge in [0.15, 0.2) is 5.96 Å². The molecule has 26 heavy (non-hydrogen) atoms. The minimum Gasteiger partial charge on any atom is -0.508 e. The summed E-state index contributed by atoms with van der Waals surface area (Å²) >= 11 is 1.79. The molecule has 1 heterocycles. The van der Waals surface area contributed by atoms with E-state index in [9.17, 15) is 9.90 Å². The van der Waals surface area contributed by atoms with Crippen molar-refractivity contribution in [2.45, 2.75) is 33.2 Å². The van der Waals surface area contributed by atoms with Gasteiger partial charge in [-0.2, -0.15) is 0 Å². The van der Waals surface area contributed by atoms with Crippen LogP contribution in [-0.2, 0) is 11.2 Å². The molecule has 7 heteroatoms. The zero-order valence-electron chi connectivity index (χ0n) is 15.4. The van der Waals surface area contributed by atoms with Crippen molar-refractivity contribution in [3.05, 3.63) is 46.2 Å². The van der Waals surface area contributed by atoms with E-state index in [1.165, 1.54) is 21.9 Å². The van der Waals surface area contributed by atoms with E-state index in [0.717, 1.165) is 13.0 Å². The van der Waals surface area contributed by atoms with Crippen molar-refractivity contribution in [1.29, 1.82) is 0 Å². The van der Waals surface area contributed by atoms with Crippen LogP contribution in [0.3, 0.4) is 0 Å². The van der Waals surface area contributed by atoms with Crippen LogP contribution in [0, 0.1) is 6.92 Å². The first-order valence-corrected chi connectivity index (χ1v) is 9.47. The van der Waals surface area contributed by atoms with Gasteiger partial charge in [0, 0.05) is 34.4 Å². The van der Waals surface area contributed by atoms with Crippen molar-refractivity contribution in [3.63, 3.8) is 0 Å². The van der Waals surface area contributed by atoms with E-state index in [1.54, 1.807) is 23.5 Å². The Morgan fingerprint density at radius 2 is 1.96 bits per heavy atom. The highest BCUT2D eigenvalue weighted by Crippen LogP contribution is 2.16. The summed E-state index contributed by atoms with van der Waals surface area (Å²) in [5.74, 6) is 0.568. The summed E-state index contributed by atoms with van der Waals surface area (Å²) in [6, 6.07) is 10.8. The molecule has 6 nitrogen and oxygen atoms in total. The number of aromatic hydroxyl groups is 1. The first kappa shape index (κ1) is 19.8. The number of nitrogens with one attached hydrogen (secondary N) is 3. The largest absolute Gasteiger partial charge is 0.508 e. The smallest absolute Gasteiger partial charge is 0.246 e. The van der Waals surface area contributed by atoms with E-state index in [-0.39, 0.29) is 24.2 Å². The van der Waals surface area contributed by atoms with Crippen LogP contribution in [-0.4, -0.2) is 36.1 Å². The topological polar surface area (TPSA) is 85.8 Å². The zero-order chi connectivity index (χ0) is 18.9. The Morgan fingerprint density at radius 1 is 1.23 bits per heavy atom. The highest BCUT2D eigenvalue weighted by Gasteiger charge is 2.09. The molecule has 1 amide bonds. The van der Waals surface area contributed by atoms with Crippen LogP contribution in [0.25, 0.3) is 0 Å². The molecule has 0 spiro atoms. The number of phenolic OH excluding ortho intramolecular Hbond substituents is 1. The van der Waals surface area contributed by atoms with Crippen LogP contribution >= 0.6 is 11.3 Å². The molecule has 2 rings (SSSR count). The molecule has 4 N–H and O–H groups in total. The molecule has 0 radical (unpaired) electrons. The number of anilines is 1. The molecule has 1 unspecified atom stereocenters. The zero-order valence-corrected chi connectivity index (χ0v) is 16.2. The second-order valence-electron chi connectivity index (χ2n) is 6.05. The number of benzene rings is 1. The third kappa shape index (κ3) is 6.76. The highest BCUT2D eigenvalue weighted by atomic mass is 32.1. The number of amides is 1. The lowest BCUT2D eigenvalue weighted by Gasteiger charge is -2.17. The summed E-state index contributed by atoms with van der Waals surface area (Å²) in [5, 5.41) is 18.5. The van der Waals surface area contributed by atoms with Crippen LogP contribution in [0.5, 0.6) is 5.75 Å². The Kier molecular flexibility index (Phi) is 7.47. The predicted octanol–water partition coefficient (Wildman–Crippen LogP) is 2.89. The molecule has 0 saturated carbocycles. The first-order chi connectivity index (χ1) is 12.5. The molecule has 140 valence electrons. The molecular formula is C19H26N4O2S. The Balaban J connectivity index is 1.88. The Hall–Kier alpha value is -2.54. The second-order valence-corrected chi connectivity index (χ2v) is 7.42. The fourth-order valence-corrected chi connectivity index (χ4v) is 3.42. The Bertz CT molecular complexity index is 740. The summed E-state index contributed by atoms with van der Waals surface area (Å²) in [7, 11) is 0. The van der Waals surface area contributed by atoms with Gasteiger partial charge in [-0.05, 0) is 57.2 Å². The van der Waals surface area contributed by atoms with E-state index < -0.39 is 0 Å². The Labute approximate surface area is 158 Å². The van der Waals surface area contributed by atoms with Crippen LogP contribution in [0.15, 0.2) is 41.4 Å². The maximum absolute atomic E-state index is 12.1. The van der Waals surface area contributed by atoms with Gasteiger partial charge in [-0.25, -0.2) is 4.99 Å². The van der Waals surface area contributed by atoms with Gasteiger partial charge in [-0.1, -0.05) is 0 Å². The summed E-state index contributed by atoms with van der Waals surface area (Å²) in [6.45, 7) is 6.92. The van der Waals surface area contributed by atoms with Crippen molar-refractivity contribution in [2.75, 3.05) is 18.4 Å². The van der Waals surface area contributed by atoms with E-state index in [4.69, 9.17) is 0 Å². The third-order valence-electron chi connectivity index (χ3n) is 3.56. The van der Waals surface area contributed by atoms with E-state index >= 15 is 0 Å². The lowest BCUT2D eigenvalue weighted by molar-refractivity contribution is -0.114. The van der Waals surface area contributed by atoms with Crippen LogP contribution in [0.4, 0.5) is 5.69 Å². The average molecular weight is 375 g/mol. The van der Waals surface area contributed by atoms with Crippen molar-refractivity contribution in [1.82, 2.24) is 10.6 Å². The second kappa shape index (κ2) is 9.82. The standard InChI is InChI=1S/C19H26N4O2S/c1-4-20-19(22-13(2)11-17-10-5-14(3)26-17)21-12-18(25)23-15-6-8-16(24)9-7-15/h5-10,13,24H,4,11-12H2,1-3H3,(H,23,25)(H2,20,21,22). The first-order valence-electron chi connectivity index (χ1n) is 8.65. The number of carbonyl (C=O) groups is 1. The SMILES string of the molecule is CCNC(=NCC(=O)Nc1ccc(O)cc1)NC(C)Cc1ccc(C)s1. The number of thiophene rings is 1. The summed E-state index contributed by atoms with van der Waals surface area (Å²) in [6.07, 6.45) is 0.905. The van der Waals surface area contributed by atoms with Gasteiger partial charge in [0.05, 0.1) is 0 Å². The average Bonchev–Trinajstić information content (AvgIpc) is 2.99. The number of phenols is 1. The van der Waals surface area contributed by atoms with Gasteiger partial charge in [-0.15, -0.1) is 11.3 Å². The van der Waals surface area contributed by atoms with Gasteiger partial charge in [-0.3, -0.25) is 4.79 Å². The van der Waals surface area contributed by atoms with Crippen LogP contribution in [0.2, 0.25) is 0 Å². The fraction of sp³-hybridized carbons (Fsp3) is 0.368. The minimum atomic E-state index is -0.213. The summed E-state index contributed by atoms with van der Waals surface area (Å²) in [5.41, 5.74) is 0.627. The van der Waals surface area contributed by atoms with Crippen molar-refractivity contribution < 1.29 is 9.90 Å². The molecule has 0 aliphatic heterocycles. The van der Waals surface area contributed by atoms with Gasteiger partial charge in [0.1, 0.15) is 12.3 Å². The molecular weight excluding hydrogens is 348 g/mol.